The van der Waals surface area contributed by atoms with Gasteiger partial charge in [0.05, 0.1) is 12.7 Å². The molecule has 0 radical (unpaired) electrons. The van der Waals surface area contributed by atoms with E-state index < -0.39 is 0 Å². The molecule has 6 nitrogen and oxygen atoms in total. The van der Waals surface area contributed by atoms with Crippen molar-refractivity contribution < 1.29 is 14.3 Å². The van der Waals surface area contributed by atoms with Gasteiger partial charge in [-0.3, -0.25) is 4.79 Å². The van der Waals surface area contributed by atoms with E-state index >= 15 is 0 Å². The maximum Gasteiger partial charge on any atom is 0.319 e. The van der Waals surface area contributed by atoms with Crippen LogP contribution in [-0.2, 0) is 9.53 Å². The van der Waals surface area contributed by atoms with Crippen LogP contribution in [0.4, 0.5) is 16.2 Å². The highest BCUT2D eigenvalue weighted by molar-refractivity contribution is 5.95. The summed E-state index contributed by atoms with van der Waals surface area (Å²) in [5, 5.41) is 5.68. The average molecular weight is 373 g/mol. The molecule has 2 aliphatic rings. The summed E-state index contributed by atoms with van der Waals surface area (Å²) in [4.78, 5) is 26.0. The van der Waals surface area contributed by atoms with E-state index in [4.69, 9.17) is 4.74 Å². The van der Waals surface area contributed by atoms with Gasteiger partial charge in [-0.15, -0.1) is 0 Å². The first-order valence-electron chi connectivity index (χ1n) is 10.2. The Morgan fingerprint density at radius 1 is 1.22 bits per heavy atom. The van der Waals surface area contributed by atoms with Crippen molar-refractivity contribution in [3.8, 4) is 0 Å². The summed E-state index contributed by atoms with van der Waals surface area (Å²) in [5.41, 5.74) is 1.53. The molecule has 1 aromatic carbocycles. The van der Waals surface area contributed by atoms with Crippen molar-refractivity contribution in [1.29, 1.82) is 0 Å². The number of anilines is 2. The molecule has 3 amide bonds. The highest BCUT2D eigenvalue weighted by Gasteiger charge is 2.22. The lowest BCUT2D eigenvalue weighted by Gasteiger charge is -2.28. The molecule has 2 N–H and O–H groups in total. The zero-order chi connectivity index (χ0) is 19.1. The number of urea groups is 1. The molecule has 2 atom stereocenters. The second kappa shape index (κ2) is 9.74. The van der Waals surface area contributed by atoms with E-state index in [2.05, 4.69) is 17.6 Å². The van der Waals surface area contributed by atoms with Gasteiger partial charge in [0.15, 0.2) is 0 Å². The molecule has 0 spiro atoms. The standard InChI is InChI=1S/C21H31N3O3/c1-16-7-2-3-10-19(16)27-14-12-22-21(26)23-17-8-6-9-18(15-17)24-13-5-4-11-20(24)25/h6,8-9,15-16,19H,2-5,7,10-14H2,1H3,(H2,22,23,26)/t16-,19+/m1/s1. The number of hydrogen-bond acceptors (Lipinski definition) is 3. The predicted octanol–water partition coefficient (Wildman–Crippen LogP) is 3.92. The van der Waals surface area contributed by atoms with E-state index in [9.17, 15) is 9.59 Å². The number of nitrogens with one attached hydrogen (secondary N) is 2. The van der Waals surface area contributed by atoms with Gasteiger partial charge in [-0.2, -0.15) is 0 Å². The Balaban J connectivity index is 1.42. The summed E-state index contributed by atoms with van der Waals surface area (Å²) < 4.78 is 5.92. The van der Waals surface area contributed by atoms with Gasteiger partial charge in [-0.25, -0.2) is 4.79 Å². The smallest absolute Gasteiger partial charge is 0.319 e. The van der Waals surface area contributed by atoms with Crippen LogP contribution < -0.4 is 15.5 Å². The van der Waals surface area contributed by atoms with E-state index in [1.807, 2.05) is 24.3 Å². The lowest BCUT2D eigenvalue weighted by molar-refractivity contribution is -0.119. The summed E-state index contributed by atoms with van der Waals surface area (Å²) in [5.74, 6) is 0.754. The van der Waals surface area contributed by atoms with Crippen LogP contribution in [-0.4, -0.2) is 37.7 Å². The minimum Gasteiger partial charge on any atom is -0.376 e. The first kappa shape index (κ1) is 19.7. The molecule has 3 rings (SSSR count). The van der Waals surface area contributed by atoms with Crippen LogP contribution in [0.15, 0.2) is 24.3 Å². The Labute approximate surface area is 161 Å². The van der Waals surface area contributed by atoms with Crippen molar-refractivity contribution in [2.24, 2.45) is 5.92 Å². The second-order valence-corrected chi connectivity index (χ2v) is 7.60. The monoisotopic (exact) mass is 373 g/mol. The molecular weight excluding hydrogens is 342 g/mol. The third kappa shape index (κ3) is 5.70. The predicted molar refractivity (Wildman–Crippen MR) is 107 cm³/mol. The summed E-state index contributed by atoms with van der Waals surface area (Å²) >= 11 is 0. The van der Waals surface area contributed by atoms with Gasteiger partial charge < -0.3 is 20.3 Å². The van der Waals surface area contributed by atoms with Gasteiger partial charge in [-0.05, 0) is 49.8 Å². The van der Waals surface area contributed by atoms with Gasteiger partial charge in [0, 0.05) is 30.9 Å². The molecule has 0 unspecified atom stereocenters. The second-order valence-electron chi connectivity index (χ2n) is 7.60. The van der Waals surface area contributed by atoms with Crippen molar-refractivity contribution in [3.63, 3.8) is 0 Å². The topological polar surface area (TPSA) is 70.7 Å². The number of ether oxygens (including phenoxy) is 1. The molecular formula is C21H31N3O3. The zero-order valence-corrected chi connectivity index (χ0v) is 16.2. The fraction of sp³-hybridized carbons (Fsp3) is 0.619. The lowest BCUT2D eigenvalue weighted by atomic mass is 9.88. The lowest BCUT2D eigenvalue weighted by Crippen LogP contribution is -2.35. The normalized spacial score (nSPS) is 23.1. The van der Waals surface area contributed by atoms with Crippen molar-refractivity contribution in [3.05, 3.63) is 24.3 Å². The fourth-order valence-electron chi connectivity index (χ4n) is 3.91. The molecule has 1 aliphatic carbocycles. The Hall–Kier alpha value is -2.08. The van der Waals surface area contributed by atoms with Crippen LogP contribution in [0.5, 0.6) is 0 Å². The molecule has 2 fully saturated rings. The number of nitrogens with zero attached hydrogens (tertiary/aromatic N) is 1. The highest BCUT2D eigenvalue weighted by atomic mass is 16.5. The fourth-order valence-corrected chi connectivity index (χ4v) is 3.91. The number of benzene rings is 1. The van der Waals surface area contributed by atoms with E-state index in [1.54, 1.807) is 4.90 Å². The van der Waals surface area contributed by atoms with Gasteiger partial charge in [0.1, 0.15) is 0 Å². The van der Waals surface area contributed by atoms with Gasteiger partial charge in [0.2, 0.25) is 5.91 Å². The minimum absolute atomic E-state index is 0.150. The van der Waals surface area contributed by atoms with Crippen LogP contribution >= 0.6 is 0 Å². The van der Waals surface area contributed by atoms with Crippen molar-refractivity contribution in [2.75, 3.05) is 29.9 Å². The number of amides is 3. The molecule has 0 aromatic heterocycles. The maximum absolute atomic E-state index is 12.1. The van der Waals surface area contributed by atoms with Crippen LogP contribution in [0.3, 0.4) is 0 Å². The highest BCUT2D eigenvalue weighted by Crippen LogP contribution is 2.26. The average Bonchev–Trinajstić information content (AvgIpc) is 2.67. The number of rotatable bonds is 6. The summed E-state index contributed by atoms with van der Waals surface area (Å²) in [6, 6.07) is 7.20. The van der Waals surface area contributed by atoms with Crippen molar-refractivity contribution >= 4 is 23.3 Å². The number of carbonyl (C=O) groups is 2. The quantitative estimate of drug-likeness (QED) is 0.743. The largest absolute Gasteiger partial charge is 0.376 e. The van der Waals surface area contributed by atoms with Crippen molar-refractivity contribution in [1.82, 2.24) is 5.32 Å². The first-order valence-corrected chi connectivity index (χ1v) is 10.2. The van der Waals surface area contributed by atoms with Gasteiger partial charge >= 0.3 is 6.03 Å². The SMILES string of the molecule is C[C@@H]1CCCC[C@@H]1OCCNC(=O)Nc1cccc(N2CCCCC2=O)c1. The Morgan fingerprint density at radius 2 is 2.07 bits per heavy atom. The first-order chi connectivity index (χ1) is 13.1. The Bertz CT molecular complexity index is 649. The molecule has 1 heterocycles. The van der Waals surface area contributed by atoms with Gasteiger partial charge in [-0.1, -0.05) is 25.8 Å². The third-order valence-corrected chi connectivity index (χ3v) is 5.49. The van der Waals surface area contributed by atoms with Gasteiger partial charge in [0.25, 0.3) is 0 Å². The maximum atomic E-state index is 12.1. The minimum atomic E-state index is -0.252. The molecule has 0 bridgehead atoms. The number of piperidine rings is 1. The third-order valence-electron chi connectivity index (χ3n) is 5.49. The number of carbonyl (C=O) groups excluding carboxylic acids is 2. The molecule has 1 saturated heterocycles. The van der Waals surface area contributed by atoms with Crippen molar-refractivity contribution in [2.45, 2.75) is 58.0 Å². The van der Waals surface area contributed by atoms with Crippen LogP contribution in [0.2, 0.25) is 0 Å². The Kier molecular flexibility index (Phi) is 7.10. The molecule has 148 valence electrons. The molecule has 1 aromatic rings. The van der Waals surface area contributed by atoms with E-state index in [-0.39, 0.29) is 11.9 Å². The molecule has 1 aliphatic heterocycles. The Morgan fingerprint density at radius 3 is 2.89 bits per heavy atom. The molecule has 1 saturated carbocycles. The van der Waals surface area contributed by atoms with E-state index in [0.29, 0.717) is 37.3 Å². The van der Waals surface area contributed by atoms with E-state index in [1.165, 1.54) is 19.3 Å². The molecule has 6 heteroatoms. The number of hydrogen-bond donors (Lipinski definition) is 2. The molecule has 27 heavy (non-hydrogen) atoms. The van der Waals surface area contributed by atoms with Crippen LogP contribution in [0.25, 0.3) is 0 Å². The van der Waals surface area contributed by atoms with Crippen LogP contribution in [0, 0.1) is 5.92 Å². The summed E-state index contributed by atoms with van der Waals surface area (Å²) in [6.45, 7) is 4.00. The van der Waals surface area contributed by atoms with E-state index in [0.717, 1.165) is 31.5 Å². The summed E-state index contributed by atoms with van der Waals surface area (Å²) in [7, 11) is 0. The van der Waals surface area contributed by atoms with Crippen LogP contribution in [0.1, 0.15) is 51.9 Å². The summed E-state index contributed by atoms with van der Waals surface area (Å²) in [6.07, 6.45) is 7.77. The zero-order valence-electron chi connectivity index (χ0n) is 16.2.